The molecule has 0 unspecified atom stereocenters. The number of hydrogen-bond donors (Lipinski definition) is 1. The summed E-state index contributed by atoms with van der Waals surface area (Å²) in [4.78, 5) is 1.33. The van der Waals surface area contributed by atoms with Gasteiger partial charge in [0.2, 0.25) is 5.51 Å². The number of unbranched alkanes of at least 4 members (excludes halogenated alkanes) is 4. The van der Waals surface area contributed by atoms with E-state index in [1.807, 2.05) is 0 Å². The Morgan fingerprint density at radius 1 is 1.04 bits per heavy atom. The molecule has 0 amide bonds. The van der Waals surface area contributed by atoms with Crippen LogP contribution in [0, 0.1) is 6.92 Å². The van der Waals surface area contributed by atoms with Crippen molar-refractivity contribution in [2.45, 2.75) is 58.9 Å². The Bertz CT molecular complexity index is 462. The van der Waals surface area contributed by atoms with Gasteiger partial charge in [0.15, 0.2) is 5.69 Å². The third-order valence-corrected chi connectivity index (χ3v) is 4.14. The molecule has 0 aliphatic carbocycles. The number of thiazole rings is 1. The number of aliphatic hydroxyl groups is 1. The van der Waals surface area contributed by atoms with Crippen molar-refractivity contribution in [1.29, 1.82) is 0 Å². The van der Waals surface area contributed by atoms with Crippen LogP contribution >= 0.6 is 19.1 Å². The second-order valence-corrected chi connectivity index (χ2v) is 8.13. The van der Waals surface area contributed by atoms with Gasteiger partial charge < -0.3 is 5.11 Å². The van der Waals surface area contributed by atoms with Crippen molar-refractivity contribution in [2.24, 2.45) is 0 Å². The molecule has 1 N–H and O–H groups in total. The Hall–Kier alpha value is -0.400. The van der Waals surface area contributed by atoms with Crippen LogP contribution in [0.5, 0.6) is 0 Å². The normalized spacial score (nSPS) is 14.7. The molecule has 0 saturated carbocycles. The molecule has 0 aromatic carbocycles. The van der Waals surface area contributed by atoms with Crippen LogP contribution in [0.2, 0.25) is 0 Å². The fraction of sp³-hybridized carbons (Fsp3) is 0.769. The van der Waals surface area contributed by atoms with E-state index in [9.17, 15) is 25.2 Å². The Morgan fingerprint density at radius 2 is 1.57 bits per heavy atom. The molecule has 1 aromatic rings. The van der Waals surface area contributed by atoms with Gasteiger partial charge in [-0.3, -0.25) is 0 Å². The summed E-state index contributed by atoms with van der Waals surface area (Å²) in [5.41, 5.74) is 3.54. The van der Waals surface area contributed by atoms with Crippen LogP contribution < -0.4 is 4.57 Å². The minimum absolute atomic E-state index is 0.262. The maximum atomic E-state index is 9.87. The summed E-state index contributed by atoms with van der Waals surface area (Å²) in [6, 6.07) is 0. The summed E-state index contributed by atoms with van der Waals surface area (Å²) in [5, 5.41) is 8.92. The van der Waals surface area contributed by atoms with Crippen LogP contribution in [0.3, 0.4) is 0 Å². The first-order chi connectivity index (χ1) is 10.2. The number of aliphatic hydroxyl groups excluding tert-OH is 1. The Balaban J connectivity index is 0.000000585. The number of halogens is 6. The molecule has 0 atom stereocenters. The standard InChI is InChI=1S/C13H24NOS.F6P/c1-3-4-5-6-7-9-14-11-16-13(8-10-15)12(14)2;1-7(2,3,4,5)6/h11,15H,3-10H2,1-2H3;/q+1;-1. The van der Waals surface area contributed by atoms with Crippen LogP contribution in [0.1, 0.15) is 49.6 Å². The zero-order valence-electron chi connectivity index (χ0n) is 13.3. The van der Waals surface area contributed by atoms with Gasteiger partial charge in [0.1, 0.15) is 6.54 Å². The van der Waals surface area contributed by atoms with Gasteiger partial charge >= 0.3 is 33.0 Å². The molecule has 0 saturated heterocycles. The number of rotatable bonds is 8. The topological polar surface area (TPSA) is 24.1 Å². The first-order valence-electron chi connectivity index (χ1n) is 7.38. The molecule has 23 heavy (non-hydrogen) atoms. The third kappa shape index (κ3) is 16.2. The van der Waals surface area contributed by atoms with Crippen molar-refractivity contribution >= 4 is 19.1 Å². The predicted octanol–water partition coefficient (Wildman–Crippen LogP) is 6.23. The van der Waals surface area contributed by atoms with E-state index in [4.69, 9.17) is 5.11 Å². The van der Waals surface area contributed by atoms with E-state index < -0.39 is 7.81 Å². The predicted molar refractivity (Wildman–Crippen MR) is 82.4 cm³/mol. The SMILES string of the molecule is CCCCCCC[n+]1csc(CCO)c1C.F[P-](F)(F)(F)(F)F. The van der Waals surface area contributed by atoms with Gasteiger partial charge in [-0.15, -0.1) is 0 Å². The van der Waals surface area contributed by atoms with Gasteiger partial charge in [-0.2, -0.15) is 4.57 Å². The Kier molecular flexibility index (Phi) is 7.98. The summed E-state index contributed by atoms with van der Waals surface area (Å²) < 4.78 is 61.5. The van der Waals surface area contributed by atoms with Gasteiger partial charge in [0, 0.05) is 26.4 Å². The van der Waals surface area contributed by atoms with Crippen molar-refractivity contribution in [3.63, 3.8) is 0 Å². The second kappa shape index (κ2) is 8.12. The van der Waals surface area contributed by atoms with E-state index >= 15 is 0 Å². The van der Waals surface area contributed by atoms with Crippen molar-refractivity contribution < 1.29 is 34.9 Å². The molecule has 1 heterocycles. The van der Waals surface area contributed by atoms with Crippen LogP contribution in [-0.2, 0) is 13.0 Å². The van der Waals surface area contributed by atoms with Crippen LogP contribution in [0.4, 0.5) is 25.2 Å². The van der Waals surface area contributed by atoms with Crippen molar-refractivity contribution in [3.8, 4) is 0 Å². The van der Waals surface area contributed by atoms with Gasteiger partial charge in [0.05, 0.1) is 4.88 Å². The summed E-state index contributed by atoms with van der Waals surface area (Å²) in [6.07, 6.45) is 7.46. The van der Waals surface area contributed by atoms with E-state index in [0.29, 0.717) is 0 Å². The Labute approximate surface area is 136 Å². The fourth-order valence-electron chi connectivity index (χ4n) is 1.90. The van der Waals surface area contributed by atoms with E-state index in [2.05, 4.69) is 23.9 Å². The fourth-order valence-corrected chi connectivity index (χ4v) is 2.91. The molecule has 1 rings (SSSR count). The Morgan fingerprint density at radius 3 is 2.04 bits per heavy atom. The first-order valence-corrected chi connectivity index (χ1v) is 10.3. The van der Waals surface area contributed by atoms with Crippen molar-refractivity contribution in [3.05, 3.63) is 16.1 Å². The molecule has 0 radical (unpaired) electrons. The molecular formula is C13H24F6NOPS. The average molecular weight is 387 g/mol. The van der Waals surface area contributed by atoms with Crippen molar-refractivity contribution in [1.82, 2.24) is 0 Å². The number of aryl methyl sites for hydroxylation is 1. The zero-order chi connectivity index (χ0) is 18.2. The molecule has 2 nitrogen and oxygen atoms in total. The molecule has 140 valence electrons. The molecule has 1 aromatic heterocycles. The molecular weight excluding hydrogens is 363 g/mol. The molecule has 0 aliphatic heterocycles. The van der Waals surface area contributed by atoms with E-state index in [0.717, 1.165) is 13.0 Å². The summed E-state index contributed by atoms with van der Waals surface area (Å²) in [7, 11) is -10.7. The quantitative estimate of drug-likeness (QED) is 0.243. The van der Waals surface area contributed by atoms with Crippen LogP contribution in [-0.4, -0.2) is 11.7 Å². The number of nitrogens with zero attached hydrogens (tertiary/aromatic N) is 1. The number of aromatic nitrogens is 1. The average Bonchev–Trinajstić information content (AvgIpc) is 2.68. The minimum atomic E-state index is -10.7. The summed E-state index contributed by atoms with van der Waals surface area (Å²) in [5.74, 6) is 0. The molecule has 0 bridgehead atoms. The van der Waals surface area contributed by atoms with E-state index in [-0.39, 0.29) is 6.61 Å². The van der Waals surface area contributed by atoms with E-state index in [1.165, 1.54) is 42.7 Å². The first kappa shape index (κ1) is 22.6. The van der Waals surface area contributed by atoms with Gasteiger partial charge in [-0.05, 0) is 6.42 Å². The van der Waals surface area contributed by atoms with Crippen LogP contribution in [0.15, 0.2) is 5.51 Å². The monoisotopic (exact) mass is 387 g/mol. The molecule has 0 aliphatic rings. The molecule has 10 heteroatoms. The second-order valence-electron chi connectivity index (χ2n) is 5.27. The van der Waals surface area contributed by atoms with E-state index in [1.54, 1.807) is 11.3 Å². The van der Waals surface area contributed by atoms with Gasteiger partial charge in [0.25, 0.3) is 0 Å². The molecule has 0 fully saturated rings. The number of hydrogen-bond acceptors (Lipinski definition) is 2. The van der Waals surface area contributed by atoms with Gasteiger partial charge in [-0.25, -0.2) is 0 Å². The third-order valence-electron chi connectivity index (χ3n) is 3.00. The maximum absolute atomic E-state index is 10.7. The summed E-state index contributed by atoms with van der Waals surface area (Å²) >= 11 is 1.77. The zero-order valence-corrected chi connectivity index (χ0v) is 15.0. The molecule has 0 spiro atoms. The van der Waals surface area contributed by atoms with Gasteiger partial charge in [-0.1, -0.05) is 37.5 Å². The van der Waals surface area contributed by atoms with Crippen molar-refractivity contribution in [2.75, 3.05) is 6.61 Å². The summed E-state index contributed by atoms with van der Waals surface area (Å²) in [6.45, 7) is 5.81. The van der Waals surface area contributed by atoms with Crippen LogP contribution in [0.25, 0.3) is 0 Å².